The number of carbonyl (C=O) groups excluding carboxylic acids is 1. The minimum absolute atomic E-state index is 0.159. The molecule has 0 radical (unpaired) electrons. The summed E-state index contributed by atoms with van der Waals surface area (Å²) in [5.74, 6) is 0.00922. The molecule has 1 N–H and O–H groups in total. The van der Waals surface area contributed by atoms with Crippen molar-refractivity contribution in [2.75, 3.05) is 19.7 Å². The largest absolute Gasteiger partial charge is 0.466 e. The summed E-state index contributed by atoms with van der Waals surface area (Å²) < 4.78 is 4.90. The first kappa shape index (κ1) is 10.5. The Kier molecular flexibility index (Phi) is 3.69. The van der Waals surface area contributed by atoms with Gasteiger partial charge in [-0.15, -0.1) is 0 Å². The molecule has 0 amide bonds. The van der Waals surface area contributed by atoms with Gasteiger partial charge < -0.3 is 9.94 Å². The predicted octanol–water partition coefficient (Wildman–Crippen LogP) is 0.897. The first-order chi connectivity index (χ1) is 6.13. The molecule has 4 heteroatoms. The molecule has 0 bridgehead atoms. The van der Waals surface area contributed by atoms with Crippen LogP contribution in [0.2, 0.25) is 0 Å². The average Bonchev–Trinajstić information content (AvgIpc) is 2.03. The van der Waals surface area contributed by atoms with Gasteiger partial charge in [0, 0.05) is 13.1 Å². The van der Waals surface area contributed by atoms with E-state index in [0.29, 0.717) is 25.6 Å². The van der Waals surface area contributed by atoms with Crippen molar-refractivity contribution in [2.24, 2.45) is 11.8 Å². The maximum Gasteiger partial charge on any atom is 0.310 e. The Balaban J connectivity index is 2.45. The van der Waals surface area contributed by atoms with Crippen LogP contribution in [0.25, 0.3) is 0 Å². The maximum absolute atomic E-state index is 11.3. The van der Waals surface area contributed by atoms with E-state index in [4.69, 9.17) is 4.74 Å². The average molecular weight is 187 g/mol. The molecule has 13 heavy (non-hydrogen) atoms. The van der Waals surface area contributed by atoms with Crippen LogP contribution in [0, 0.1) is 11.8 Å². The SMILES string of the molecule is CCOC(=O)C1CC(C)CN(O)C1. The van der Waals surface area contributed by atoms with E-state index in [1.165, 1.54) is 5.06 Å². The summed E-state index contributed by atoms with van der Waals surface area (Å²) in [6.07, 6.45) is 0.815. The highest BCUT2D eigenvalue weighted by molar-refractivity contribution is 5.72. The highest BCUT2D eigenvalue weighted by atomic mass is 16.5. The number of carbonyl (C=O) groups is 1. The highest BCUT2D eigenvalue weighted by Crippen LogP contribution is 2.21. The van der Waals surface area contributed by atoms with E-state index in [-0.39, 0.29) is 11.9 Å². The van der Waals surface area contributed by atoms with E-state index in [1.54, 1.807) is 6.92 Å². The third-order valence-electron chi connectivity index (χ3n) is 2.26. The van der Waals surface area contributed by atoms with E-state index in [9.17, 15) is 10.0 Å². The quantitative estimate of drug-likeness (QED) is 0.652. The number of rotatable bonds is 2. The van der Waals surface area contributed by atoms with Gasteiger partial charge in [0.2, 0.25) is 0 Å². The Morgan fingerprint density at radius 3 is 2.85 bits per heavy atom. The number of nitrogens with zero attached hydrogens (tertiary/aromatic N) is 1. The Labute approximate surface area is 78.4 Å². The topological polar surface area (TPSA) is 49.8 Å². The second-order valence-electron chi connectivity index (χ2n) is 3.66. The van der Waals surface area contributed by atoms with E-state index in [1.807, 2.05) is 6.92 Å². The van der Waals surface area contributed by atoms with Crippen LogP contribution >= 0.6 is 0 Å². The molecule has 4 nitrogen and oxygen atoms in total. The Morgan fingerprint density at radius 2 is 2.31 bits per heavy atom. The molecule has 1 aliphatic rings. The Bertz CT molecular complexity index is 174. The van der Waals surface area contributed by atoms with Crippen LogP contribution in [0.1, 0.15) is 20.3 Å². The lowest BCUT2D eigenvalue weighted by Gasteiger charge is -2.30. The highest BCUT2D eigenvalue weighted by Gasteiger charge is 2.29. The van der Waals surface area contributed by atoms with E-state index in [2.05, 4.69) is 0 Å². The van der Waals surface area contributed by atoms with E-state index < -0.39 is 0 Å². The molecule has 76 valence electrons. The summed E-state index contributed by atoms with van der Waals surface area (Å²) in [6, 6.07) is 0. The molecule has 2 atom stereocenters. The minimum Gasteiger partial charge on any atom is -0.466 e. The van der Waals surface area contributed by atoms with Crippen molar-refractivity contribution in [3.8, 4) is 0 Å². The fraction of sp³-hybridized carbons (Fsp3) is 0.889. The predicted molar refractivity (Wildman–Crippen MR) is 47.3 cm³/mol. The number of hydroxylamine groups is 2. The number of piperidine rings is 1. The lowest BCUT2D eigenvalue weighted by atomic mass is 9.92. The van der Waals surface area contributed by atoms with Gasteiger partial charge in [0.05, 0.1) is 12.5 Å². The Morgan fingerprint density at radius 1 is 1.62 bits per heavy atom. The Hall–Kier alpha value is -0.610. The molecule has 0 aromatic rings. The van der Waals surface area contributed by atoms with Gasteiger partial charge in [-0.25, -0.2) is 0 Å². The van der Waals surface area contributed by atoms with Crippen LogP contribution in [0.5, 0.6) is 0 Å². The maximum atomic E-state index is 11.3. The summed E-state index contributed by atoms with van der Waals surface area (Å²) in [5, 5.41) is 10.5. The number of hydrogen-bond acceptors (Lipinski definition) is 4. The molecule has 1 saturated heterocycles. The molecular formula is C9H17NO3. The van der Waals surface area contributed by atoms with Gasteiger partial charge in [0.25, 0.3) is 0 Å². The van der Waals surface area contributed by atoms with Gasteiger partial charge in [0.1, 0.15) is 0 Å². The molecule has 0 aromatic heterocycles. The van der Waals surface area contributed by atoms with Crippen LogP contribution in [0.15, 0.2) is 0 Å². The van der Waals surface area contributed by atoms with Crippen LogP contribution in [0.4, 0.5) is 0 Å². The van der Waals surface area contributed by atoms with Gasteiger partial charge in [-0.3, -0.25) is 4.79 Å². The van der Waals surface area contributed by atoms with Gasteiger partial charge >= 0.3 is 5.97 Å². The summed E-state index contributed by atoms with van der Waals surface area (Å²) in [6.45, 7) is 5.28. The minimum atomic E-state index is -0.187. The summed E-state index contributed by atoms with van der Waals surface area (Å²) in [5.41, 5.74) is 0. The zero-order valence-electron chi connectivity index (χ0n) is 8.19. The molecule has 2 unspecified atom stereocenters. The molecular weight excluding hydrogens is 170 g/mol. The van der Waals surface area contributed by atoms with E-state index in [0.717, 1.165) is 6.42 Å². The van der Waals surface area contributed by atoms with Gasteiger partial charge in [-0.05, 0) is 19.3 Å². The zero-order chi connectivity index (χ0) is 9.84. The fourth-order valence-corrected chi connectivity index (χ4v) is 1.75. The molecule has 1 heterocycles. The molecule has 0 spiro atoms. The molecule has 0 aromatic carbocycles. The van der Waals surface area contributed by atoms with Crippen molar-refractivity contribution in [1.82, 2.24) is 5.06 Å². The molecule has 1 rings (SSSR count). The summed E-state index contributed by atoms with van der Waals surface area (Å²) in [4.78, 5) is 11.3. The number of ether oxygens (including phenoxy) is 1. The second kappa shape index (κ2) is 4.58. The molecule has 0 saturated carbocycles. The van der Waals surface area contributed by atoms with Crippen LogP contribution in [-0.4, -0.2) is 35.9 Å². The third-order valence-corrected chi connectivity index (χ3v) is 2.26. The van der Waals surface area contributed by atoms with Crippen molar-refractivity contribution < 1.29 is 14.7 Å². The normalized spacial score (nSPS) is 30.1. The zero-order valence-corrected chi connectivity index (χ0v) is 8.19. The lowest BCUT2D eigenvalue weighted by molar-refractivity contribution is -0.166. The van der Waals surface area contributed by atoms with Crippen LogP contribution in [0.3, 0.4) is 0 Å². The smallest absolute Gasteiger partial charge is 0.310 e. The number of esters is 1. The van der Waals surface area contributed by atoms with Gasteiger partial charge in [0.15, 0.2) is 0 Å². The first-order valence-electron chi connectivity index (χ1n) is 4.74. The molecule has 1 fully saturated rings. The lowest BCUT2D eigenvalue weighted by Crippen LogP contribution is -2.41. The van der Waals surface area contributed by atoms with Crippen LogP contribution < -0.4 is 0 Å². The monoisotopic (exact) mass is 187 g/mol. The van der Waals surface area contributed by atoms with Crippen molar-refractivity contribution in [2.45, 2.75) is 20.3 Å². The van der Waals surface area contributed by atoms with Gasteiger partial charge in [-0.1, -0.05) is 6.92 Å². The molecule has 0 aliphatic carbocycles. The summed E-state index contributed by atoms with van der Waals surface area (Å²) in [7, 11) is 0. The van der Waals surface area contributed by atoms with Crippen molar-refractivity contribution in [3.05, 3.63) is 0 Å². The van der Waals surface area contributed by atoms with Crippen LogP contribution in [-0.2, 0) is 9.53 Å². The van der Waals surface area contributed by atoms with Crippen molar-refractivity contribution >= 4 is 5.97 Å². The molecule has 1 aliphatic heterocycles. The van der Waals surface area contributed by atoms with Gasteiger partial charge in [-0.2, -0.15) is 5.06 Å². The summed E-state index contributed by atoms with van der Waals surface area (Å²) >= 11 is 0. The second-order valence-corrected chi connectivity index (χ2v) is 3.66. The van der Waals surface area contributed by atoms with Crippen molar-refractivity contribution in [3.63, 3.8) is 0 Å². The standard InChI is InChI=1S/C9H17NO3/c1-3-13-9(11)8-4-7(2)5-10(12)6-8/h7-8,12H,3-6H2,1-2H3. The van der Waals surface area contributed by atoms with E-state index >= 15 is 0 Å². The fourth-order valence-electron chi connectivity index (χ4n) is 1.75. The van der Waals surface area contributed by atoms with Crippen molar-refractivity contribution in [1.29, 1.82) is 0 Å². The number of hydrogen-bond donors (Lipinski definition) is 1. The third kappa shape index (κ3) is 2.97. The first-order valence-corrected chi connectivity index (χ1v) is 4.74.